The summed E-state index contributed by atoms with van der Waals surface area (Å²) in [6.45, 7) is 1.26. The minimum Gasteiger partial charge on any atom is -0.472 e. The van der Waals surface area contributed by atoms with Crippen molar-refractivity contribution in [2.24, 2.45) is 0 Å². The van der Waals surface area contributed by atoms with E-state index >= 15 is 0 Å². The molecule has 5 rings (SSSR count). The highest BCUT2D eigenvalue weighted by atomic mass is 19.4. The number of nitrogens with one attached hydrogen (secondary N) is 1. The molecule has 9 nitrogen and oxygen atoms in total. The van der Waals surface area contributed by atoms with E-state index in [1.165, 1.54) is 23.1 Å². The molecule has 4 aromatic heterocycles. The summed E-state index contributed by atoms with van der Waals surface area (Å²) in [5.74, 6) is 0.643. The number of imidazole rings is 1. The fourth-order valence-corrected chi connectivity index (χ4v) is 3.82. The number of fused-ring (bicyclic) bond motifs is 1. The summed E-state index contributed by atoms with van der Waals surface area (Å²) in [4.78, 5) is 30.7. The van der Waals surface area contributed by atoms with E-state index < -0.39 is 11.9 Å². The second kappa shape index (κ2) is 8.19. The van der Waals surface area contributed by atoms with Crippen LogP contribution >= 0.6 is 0 Å². The van der Waals surface area contributed by atoms with Gasteiger partial charge in [0, 0.05) is 31.5 Å². The van der Waals surface area contributed by atoms with Gasteiger partial charge in [-0.25, -0.2) is 19.9 Å². The zero-order chi connectivity index (χ0) is 23.0. The number of furan rings is 1. The van der Waals surface area contributed by atoms with Crippen LogP contribution < -0.4 is 10.2 Å². The Kier molecular flexibility index (Phi) is 5.19. The number of piperidine rings is 1. The third-order valence-corrected chi connectivity index (χ3v) is 5.42. The average molecular weight is 457 g/mol. The summed E-state index contributed by atoms with van der Waals surface area (Å²) >= 11 is 0. The molecule has 1 amide bonds. The van der Waals surface area contributed by atoms with E-state index in [0.29, 0.717) is 23.6 Å². The van der Waals surface area contributed by atoms with E-state index in [-0.39, 0.29) is 23.4 Å². The lowest BCUT2D eigenvalue weighted by Crippen LogP contribution is -2.48. The van der Waals surface area contributed by atoms with Crippen molar-refractivity contribution in [3.05, 3.63) is 60.7 Å². The van der Waals surface area contributed by atoms with Crippen LogP contribution in [0, 0.1) is 0 Å². The van der Waals surface area contributed by atoms with Crippen LogP contribution in [0.1, 0.15) is 28.9 Å². The molecule has 0 unspecified atom stereocenters. The van der Waals surface area contributed by atoms with E-state index in [9.17, 15) is 18.0 Å². The van der Waals surface area contributed by atoms with Gasteiger partial charge in [0.25, 0.3) is 5.91 Å². The Morgan fingerprint density at radius 3 is 2.85 bits per heavy atom. The fraction of sp³-hybridized carbons (Fsp3) is 0.286. The zero-order valence-corrected chi connectivity index (χ0v) is 17.2. The number of halogens is 3. The number of nitrogens with zero attached hydrogens (tertiary/aromatic N) is 6. The van der Waals surface area contributed by atoms with Gasteiger partial charge >= 0.3 is 6.18 Å². The van der Waals surface area contributed by atoms with Crippen LogP contribution in [0.5, 0.6) is 0 Å². The van der Waals surface area contributed by atoms with Gasteiger partial charge in [0.15, 0.2) is 17.2 Å². The van der Waals surface area contributed by atoms with E-state index in [0.717, 1.165) is 31.8 Å². The van der Waals surface area contributed by atoms with Gasteiger partial charge in [-0.1, -0.05) is 0 Å². The Morgan fingerprint density at radius 2 is 2.06 bits per heavy atom. The fourth-order valence-electron chi connectivity index (χ4n) is 3.82. The average Bonchev–Trinajstić information content (AvgIpc) is 3.49. The van der Waals surface area contributed by atoms with Crippen molar-refractivity contribution in [2.45, 2.75) is 25.1 Å². The van der Waals surface area contributed by atoms with E-state index in [4.69, 9.17) is 4.42 Å². The van der Waals surface area contributed by atoms with Crippen LogP contribution in [0.3, 0.4) is 0 Å². The predicted octanol–water partition coefficient (Wildman–Crippen LogP) is 3.20. The molecule has 0 saturated carbocycles. The summed E-state index contributed by atoms with van der Waals surface area (Å²) in [6.07, 6.45) is 4.83. The number of aromatic nitrogens is 5. The number of hydrogen-bond donors (Lipinski definition) is 1. The Bertz CT molecular complexity index is 1290. The molecule has 12 heteroatoms. The first-order chi connectivity index (χ1) is 15.9. The quantitative estimate of drug-likeness (QED) is 0.502. The molecule has 1 saturated heterocycles. The van der Waals surface area contributed by atoms with Crippen LogP contribution in [-0.4, -0.2) is 49.4 Å². The number of amides is 1. The summed E-state index contributed by atoms with van der Waals surface area (Å²) in [7, 11) is 0. The number of alkyl halides is 3. The maximum Gasteiger partial charge on any atom is 0.434 e. The standard InChI is InChI=1S/C21H18F3N7O2/c22-21(23,24)16-11-31-15(8-27-18(31)9-26-16)19-25-5-3-17(29-19)30-6-1-2-14(10-30)28-20(32)13-4-7-33-12-13/h3-5,7-9,11-12,14H,1-2,6,10H2,(H,28,32)/t14-/m0/s1. The van der Waals surface area contributed by atoms with Gasteiger partial charge in [-0.05, 0) is 25.0 Å². The summed E-state index contributed by atoms with van der Waals surface area (Å²) in [5.41, 5.74) is 0.00276. The number of anilines is 1. The molecule has 1 fully saturated rings. The first-order valence-corrected chi connectivity index (χ1v) is 10.2. The molecule has 0 aromatic carbocycles. The third kappa shape index (κ3) is 4.23. The molecule has 1 aliphatic rings. The minimum atomic E-state index is -4.58. The Hall–Kier alpha value is -3.96. The van der Waals surface area contributed by atoms with E-state index in [1.54, 1.807) is 18.3 Å². The van der Waals surface area contributed by atoms with Crippen LogP contribution in [0.2, 0.25) is 0 Å². The van der Waals surface area contributed by atoms with Crippen molar-refractivity contribution in [3.63, 3.8) is 0 Å². The third-order valence-electron chi connectivity index (χ3n) is 5.42. The highest BCUT2D eigenvalue weighted by Gasteiger charge is 2.33. The molecule has 1 atom stereocenters. The van der Waals surface area contributed by atoms with Crippen LogP contribution in [0.4, 0.5) is 19.0 Å². The Labute approximate surface area is 185 Å². The SMILES string of the molecule is O=C(N[C@H]1CCCN(c2ccnc(-c3cnc4cnc(C(F)(F)F)cn34)n2)C1)c1ccoc1. The largest absolute Gasteiger partial charge is 0.472 e. The van der Waals surface area contributed by atoms with Crippen LogP contribution in [0.15, 0.2) is 53.9 Å². The zero-order valence-electron chi connectivity index (χ0n) is 17.2. The molecule has 4 aromatic rings. The molecular formula is C21H18F3N7O2. The molecule has 0 radical (unpaired) electrons. The van der Waals surface area contributed by atoms with E-state index in [1.807, 2.05) is 4.90 Å². The molecule has 5 heterocycles. The van der Waals surface area contributed by atoms with Gasteiger partial charge in [0.1, 0.15) is 17.8 Å². The van der Waals surface area contributed by atoms with Gasteiger partial charge in [-0.15, -0.1) is 0 Å². The van der Waals surface area contributed by atoms with Gasteiger partial charge in [-0.2, -0.15) is 13.2 Å². The Balaban J connectivity index is 1.39. The molecule has 0 spiro atoms. The number of carbonyl (C=O) groups excluding carboxylic acids is 1. The van der Waals surface area contributed by atoms with Gasteiger partial charge < -0.3 is 14.6 Å². The topological polar surface area (TPSA) is 101 Å². The molecular weight excluding hydrogens is 439 g/mol. The molecule has 0 aliphatic carbocycles. The lowest BCUT2D eigenvalue weighted by molar-refractivity contribution is -0.141. The van der Waals surface area contributed by atoms with Gasteiger partial charge in [-0.3, -0.25) is 9.20 Å². The van der Waals surface area contributed by atoms with Crippen molar-refractivity contribution in [2.75, 3.05) is 18.0 Å². The highest BCUT2D eigenvalue weighted by molar-refractivity contribution is 5.94. The molecule has 0 bridgehead atoms. The maximum absolute atomic E-state index is 13.1. The molecule has 33 heavy (non-hydrogen) atoms. The van der Waals surface area contributed by atoms with Crippen molar-refractivity contribution in [3.8, 4) is 11.5 Å². The maximum atomic E-state index is 13.1. The molecule has 170 valence electrons. The number of hydrogen-bond acceptors (Lipinski definition) is 7. The van der Waals surface area contributed by atoms with Crippen molar-refractivity contribution < 1.29 is 22.4 Å². The monoisotopic (exact) mass is 457 g/mol. The minimum absolute atomic E-state index is 0.0872. The second-order valence-electron chi connectivity index (χ2n) is 7.65. The lowest BCUT2D eigenvalue weighted by atomic mass is 10.1. The highest BCUT2D eigenvalue weighted by Crippen LogP contribution is 2.29. The molecule has 1 aliphatic heterocycles. The first kappa shape index (κ1) is 20.9. The molecule has 1 N–H and O–H groups in total. The van der Waals surface area contributed by atoms with Crippen LogP contribution in [-0.2, 0) is 6.18 Å². The first-order valence-electron chi connectivity index (χ1n) is 10.2. The lowest BCUT2D eigenvalue weighted by Gasteiger charge is -2.34. The van der Waals surface area contributed by atoms with Crippen molar-refractivity contribution in [1.29, 1.82) is 0 Å². The summed E-state index contributed by atoms with van der Waals surface area (Å²) < 4.78 is 45.6. The number of carbonyl (C=O) groups is 1. The smallest absolute Gasteiger partial charge is 0.434 e. The van der Waals surface area contributed by atoms with Gasteiger partial charge in [0.05, 0.1) is 24.2 Å². The van der Waals surface area contributed by atoms with E-state index in [2.05, 4.69) is 25.3 Å². The Morgan fingerprint density at radius 1 is 1.18 bits per heavy atom. The van der Waals surface area contributed by atoms with Crippen molar-refractivity contribution in [1.82, 2.24) is 29.7 Å². The summed E-state index contributed by atoms with van der Waals surface area (Å²) in [5, 5.41) is 3.00. The number of rotatable bonds is 4. The van der Waals surface area contributed by atoms with Crippen LogP contribution in [0.25, 0.3) is 17.2 Å². The predicted molar refractivity (Wildman–Crippen MR) is 110 cm³/mol. The van der Waals surface area contributed by atoms with Gasteiger partial charge in [0.2, 0.25) is 0 Å². The summed E-state index contributed by atoms with van der Waals surface area (Å²) in [6, 6.07) is 3.24. The normalized spacial score (nSPS) is 16.8. The second-order valence-corrected chi connectivity index (χ2v) is 7.65. The van der Waals surface area contributed by atoms with Crippen molar-refractivity contribution >= 4 is 17.4 Å².